The van der Waals surface area contributed by atoms with Crippen molar-refractivity contribution in [2.75, 3.05) is 25.1 Å². The molecule has 3 rings (SSSR count). The number of hydrogen-bond donors (Lipinski definition) is 1. The zero-order valence-electron chi connectivity index (χ0n) is 24.8. The van der Waals surface area contributed by atoms with Crippen LogP contribution in [0.25, 0.3) is 0 Å². The number of halogens is 1. The van der Waals surface area contributed by atoms with Crippen LogP contribution < -0.4 is 19.1 Å². The average molecular weight is 616 g/mol. The van der Waals surface area contributed by atoms with Crippen LogP contribution in [0.3, 0.4) is 0 Å². The molecule has 11 heteroatoms. The molecule has 42 heavy (non-hydrogen) atoms. The molecular formula is C31H38ClN3O6S. The largest absolute Gasteiger partial charge is 0.497 e. The minimum absolute atomic E-state index is 0.00941. The molecule has 0 bridgehead atoms. The Hall–Kier alpha value is -3.76. The van der Waals surface area contributed by atoms with Gasteiger partial charge >= 0.3 is 0 Å². The molecule has 0 heterocycles. The number of amides is 2. The quantitative estimate of drug-likeness (QED) is 0.284. The van der Waals surface area contributed by atoms with Crippen molar-refractivity contribution in [3.63, 3.8) is 0 Å². The summed E-state index contributed by atoms with van der Waals surface area (Å²) in [7, 11) is -1.33. The summed E-state index contributed by atoms with van der Waals surface area (Å²) in [6.45, 7) is 6.71. The molecule has 2 atom stereocenters. The molecule has 2 amide bonds. The summed E-state index contributed by atoms with van der Waals surface area (Å²) in [5.74, 6) is -0.148. The third-order valence-corrected chi connectivity index (χ3v) is 8.96. The fourth-order valence-electron chi connectivity index (χ4n) is 4.22. The van der Waals surface area contributed by atoms with Crippen molar-refractivity contribution in [3.05, 3.63) is 82.9 Å². The van der Waals surface area contributed by atoms with Crippen LogP contribution in [0.5, 0.6) is 11.5 Å². The summed E-state index contributed by atoms with van der Waals surface area (Å²) in [6, 6.07) is 17.0. The average Bonchev–Trinajstić information content (AvgIpc) is 2.98. The van der Waals surface area contributed by atoms with E-state index in [0.717, 1.165) is 9.87 Å². The van der Waals surface area contributed by atoms with Crippen molar-refractivity contribution in [1.82, 2.24) is 10.2 Å². The van der Waals surface area contributed by atoms with E-state index in [9.17, 15) is 18.0 Å². The smallest absolute Gasteiger partial charge is 0.264 e. The van der Waals surface area contributed by atoms with Gasteiger partial charge in [0.2, 0.25) is 11.8 Å². The molecule has 0 fully saturated rings. The third-order valence-electron chi connectivity index (χ3n) is 6.95. The molecule has 0 saturated carbocycles. The van der Waals surface area contributed by atoms with Crippen LogP contribution in [0, 0.1) is 6.92 Å². The maximum atomic E-state index is 14.1. The van der Waals surface area contributed by atoms with E-state index in [0.29, 0.717) is 17.7 Å². The Morgan fingerprint density at radius 3 is 2.29 bits per heavy atom. The molecule has 3 aromatic carbocycles. The van der Waals surface area contributed by atoms with Gasteiger partial charge in [0.1, 0.15) is 24.1 Å². The first-order chi connectivity index (χ1) is 19.9. The normalized spacial score (nSPS) is 12.6. The summed E-state index contributed by atoms with van der Waals surface area (Å²) in [5, 5.41) is 3.18. The second-order valence-corrected chi connectivity index (χ2v) is 12.3. The van der Waals surface area contributed by atoms with Crippen molar-refractivity contribution in [3.8, 4) is 11.5 Å². The highest BCUT2D eigenvalue weighted by Crippen LogP contribution is 2.35. The first-order valence-corrected chi connectivity index (χ1v) is 15.4. The number of aryl methyl sites for hydroxylation is 1. The number of hydrogen-bond acceptors (Lipinski definition) is 6. The van der Waals surface area contributed by atoms with E-state index in [1.807, 2.05) is 26.8 Å². The lowest BCUT2D eigenvalue weighted by atomic mass is 10.1. The first-order valence-electron chi connectivity index (χ1n) is 13.6. The molecule has 3 aromatic rings. The Balaban J connectivity index is 2.10. The Kier molecular flexibility index (Phi) is 11.2. The molecule has 0 spiro atoms. The van der Waals surface area contributed by atoms with Gasteiger partial charge in [0, 0.05) is 17.6 Å². The van der Waals surface area contributed by atoms with Gasteiger partial charge in [-0.3, -0.25) is 13.9 Å². The molecule has 0 aliphatic carbocycles. The summed E-state index contributed by atoms with van der Waals surface area (Å²) in [4.78, 5) is 28.7. The highest BCUT2D eigenvalue weighted by molar-refractivity contribution is 7.92. The van der Waals surface area contributed by atoms with Gasteiger partial charge in [0.15, 0.2) is 0 Å². The van der Waals surface area contributed by atoms with Crippen molar-refractivity contribution in [2.45, 2.75) is 57.6 Å². The topological polar surface area (TPSA) is 105 Å². The lowest BCUT2D eigenvalue weighted by Crippen LogP contribution is -2.52. The maximum absolute atomic E-state index is 14.1. The zero-order chi connectivity index (χ0) is 31.0. The van der Waals surface area contributed by atoms with Gasteiger partial charge in [-0.05, 0) is 75.2 Å². The van der Waals surface area contributed by atoms with Gasteiger partial charge in [0.25, 0.3) is 10.0 Å². The molecule has 226 valence electrons. The second-order valence-electron chi connectivity index (χ2n) is 10.0. The number of nitrogens with zero attached hydrogens (tertiary/aromatic N) is 2. The molecule has 0 aliphatic rings. The lowest BCUT2D eigenvalue weighted by molar-refractivity contribution is -0.139. The predicted molar refractivity (Wildman–Crippen MR) is 165 cm³/mol. The number of methoxy groups -OCH3 is 2. The van der Waals surface area contributed by atoms with Crippen molar-refractivity contribution in [2.24, 2.45) is 0 Å². The minimum Gasteiger partial charge on any atom is -0.497 e. The summed E-state index contributed by atoms with van der Waals surface area (Å²) in [5.41, 5.74) is 1.68. The fraction of sp³-hybridized carbons (Fsp3) is 0.355. The number of benzene rings is 3. The molecule has 0 aliphatic heterocycles. The van der Waals surface area contributed by atoms with Gasteiger partial charge in [-0.15, -0.1) is 0 Å². The number of carbonyl (C=O) groups excluding carboxylic acids is 2. The van der Waals surface area contributed by atoms with Gasteiger partial charge < -0.3 is 19.7 Å². The van der Waals surface area contributed by atoms with Crippen LogP contribution in [-0.2, 0) is 26.2 Å². The van der Waals surface area contributed by atoms with Gasteiger partial charge in [0.05, 0.1) is 24.8 Å². The predicted octanol–water partition coefficient (Wildman–Crippen LogP) is 5.19. The van der Waals surface area contributed by atoms with E-state index < -0.39 is 28.5 Å². The van der Waals surface area contributed by atoms with Crippen molar-refractivity contribution < 1.29 is 27.5 Å². The number of carbonyl (C=O) groups is 2. The Labute approximate surface area is 253 Å². The number of rotatable bonds is 13. The number of anilines is 1. The number of sulfonamides is 1. The van der Waals surface area contributed by atoms with Crippen molar-refractivity contribution >= 4 is 39.1 Å². The van der Waals surface area contributed by atoms with E-state index in [-0.39, 0.29) is 39.8 Å². The van der Waals surface area contributed by atoms with E-state index in [1.165, 1.54) is 43.4 Å². The molecule has 0 radical (unpaired) electrons. The van der Waals surface area contributed by atoms with Crippen LogP contribution >= 0.6 is 11.6 Å². The van der Waals surface area contributed by atoms with Crippen molar-refractivity contribution in [1.29, 1.82) is 0 Å². The van der Waals surface area contributed by atoms with E-state index >= 15 is 0 Å². The second kappa shape index (κ2) is 14.4. The van der Waals surface area contributed by atoms with Crippen LogP contribution in [-0.4, -0.2) is 58.0 Å². The van der Waals surface area contributed by atoms with Gasteiger partial charge in [-0.2, -0.15) is 0 Å². The maximum Gasteiger partial charge on any atom is 0.264 e. The minimum atomic E-state index is -4.27. The highest BCUT2D eigenvalue weighted by Gasteiger charge is 2.34. The van der Waals surface area contributed by atoms with Crippen LogP contribution in [0.1, 0.15) is 38.3 Å². The zero-order valence-corrected chi connectivity index (χ0v) is 26.3. The molecule has 2 unspecified atom stereocenters. The molecule has 9 nitrogen and oxygen atoms in total. The Morgan fingerprint density at radius 2 is 1.67 bits per heavy atom. The van der Waals surface area contributed by atoms with Gasteiger partial charge in [-0.25, -0.2) is 8.42 Å². The first kappa shape index (κ1) is 32.8. The number of ether oxygens (including phenoxy) is 2. The Bertz CT molecular complexity index is 1500. The SMILES string of the molecule is CCC(C)NC(=O)C(C)N(Cc1cccc(OC)c1)C(=O)CN(c1cc(Cl)ccc1OC)S(=O)(=O)c1ccc(C)cc1. The lowest BCUT2D eigenvalue weighted by Gasteiger charge is -2.33. The number of nitrogens with one attached hydrogen (secondary N) is 1. The molecule has 0 saturated heterocycles. The van der Waals surface area contributed by atoms with E-state index in [1.54, 1.807) is 43.3 Å². The molecular weight excluding hydrogens is 578 g/mol. The van der Waals surface area contributed by atoms with Crippen LogP contribution in [0.2, 0.25) is 5.02 Å². The molecule has 0 aromatic heterocycles. The Morgan fingerprint density at radius 1 is 0.976 bits per heavy atom. The fourth-order valence-corrected chi connectivity index (χ4v) is 5.81. The van der Waals surface area contributed by atoms with Crippen LogP contribution in [0.4, 0.5) is 5.69 Å². The summed E-state index contributed by atoms with van der Waals surface area (Å²) in [6.07, 6.45) is 0.708. The van der Waals surface area contributed by atoms with E-state index in [4.69, 9.17) is 21.1 Å². The summed E-state index contributed by atoms with van der Waals surface area (Å²) >= 11 is 6.29. The van der Waals surface area contributed by atoms with Gasteiger partial charge in [-0.1, -0.05) is 48.4 Å². The summed E-state index contributed by atoms with van der Waals surface area (Å²) < 4.78 is 39.9. The monoisotopic (exact) mass is 615 g/mol. The van der Waals surface area contributed by atoms with Crippen LogP contribution in [0.15, 0.2) is 71.6 Å². The third kappa shape index (κ3) is 7.95. The standard InChI is InChI=1S/C31H38ClN3O6S/c1-7-22(3)33-31(37)23(4)34(19-24-9-8-10-26(17-24)40-5)30(36)20-35(28-18-25(32)13-16-29(28)41-6)42(38,39)27-14-11-21(2)12-15-27/h8-18,22-23H,7,19-20H2,1-6H3,(H,33,37). The molecule has 1 N–H and O–H groups in total. The van der Waals surface area contributed by atoms with E-state index in [2.05, 4.69) is 5.32 Å². The highest BCUT2D eigenvalue weighted by atomic mass is 35.5.